The third kappa shape index (κ3) is 5.64. The standard InChI is InChI=1S/C27H29N3O11/c1-12(31)37-21-22(38-13(2)32)24(39-14(3)33)26(40-23(21)25(34)36-4)41-27(35)30-10-15-7-16(11-30)18-9-20-19(8-17(15)18)28-5-6-29-20/h5-6,8-9,15-16,21-24,26H,7,10-11H2,1-4H3/t15-,16+,21-,22-,23-,24+,26-/m0/s1. The number of hydrogen-bond donors (Lipinski definition) is 0. The number of amides is 1. The Bertz CT molecular complexity index is 1350. The lowest BCUT2D eigenvalue weighted by atomic mass is 9.96. The number of carbonyl (C=O) groups excluding carboxylic acids is 5. The maximum absolute atomic E-state index is 13.5. The van der Waals surface area contributed by atoms with Crippen molar-refractivity contribution < 1.29 is 52.4 Å². The van der Waals surface area contributed by atoms with E-state index in [0.29, 0.717) is 13.1 Å². The molecule has 0 N–H and O–H groups in total. The Morgan fingerprint density at radius 1 is 0.780 bits per heavy atom. The number of likely N-dealkylation sites (tertiary alicyclic amines) is 1. The van der Waals surface area contributed by atoms with Crippen LogP contribution in [0.1, 0.15) is 50.2 Å². The average Bonchev–Trinajstić information content (AvgIpc) is 3.17. The van der Waals surface area contributed by atoms with E-state index in [1.165, 1.54) is 4.90 Å². The predicted molar refractivity (Wildman–Crippen MR) is 135 cm³/mol. The molecule has 0 spiro atoms. The summed E-state index contributed by atoms with van der Waals surface area (Å²) >= 11 is 0. The molecule has 7 atom stereocenters. The zero-order chi connectivity index (χ0) is 29.4. The summed E-state index contributed by atoms with van der Waals surface area (Å²) in [5.41, 5.74) is 3.71. The molecule has 1 aliphatic carbocycles. The van der Waals surface area contributed by atoms with Crippen LogP contribution < -0.4 is 0 Å². The molecular weight excluding hydrogens is 542 g/mol. The van der Waals surface area contributed by atoms with Crippen molar-refractivity contribution in [1.29, 1.82) is 0 Å². The van der Waals surface area contributed by atoms with E-state index in [2.05, 4.69) is 9.97 Å². The van der Waals surface area contributed by atoms with Crippen LogP contribution in [0.2, 0.25) is 0 Å². The van der Waals surface area contributed by atoms with Crippen molar-refractivity contribution in [2.24, 2.45) is 0 Å². The molecule has 2 fully saturated rings. The topological polar surface area (TPSA) is 170 Å². The van der Waals surface area contributed by atoms with E-state index in [-0.39, 0.29) is 11.8 Å². The Labute approximate surface area is 234 Å². The van der Waals surface area contributed by atoms with Crippen LogP contribution in [-0.2, 0) is 47.6 Å². The summed E-state index contributed by atoms with van der Waals surface area (Å²) in [6.07, 6.45) is -4.74. The number of ether oxygens (including phenoxy) is 6. The Morgan fingerprint density at radius 2 is 1.29 bits per heavy atom. The maximum atomic E-state index is 13.5. The average molecular weight is 572 g/mol. The highest BCUT2D eigenvalue weighted by Crippen LogP contribution is 2.47. The molecule has 2 saturated heterocycles. The molecule has 0 saturated carbocycles. The molecule has 3 heterocycles. The molecule has 0 radical (unpaired) electrons. The number of nitrogens with zero attached hydrogens (tertiary/aromatic N) is 3. The molecule has 1 aromatic heterocycles. The number of fused-ring (bicyclic) bond motifs is 6. The summed E-state index contributed by atoms with van der Waals surface area (Å²) in [6.45, 7) is 3.91. The van der Waals surface area contributed by atoms with Crippen LogP contribution in [0.4, 0.5) is 4.79 Å². The normalized spacial score (nSPS) is 28.3. The highest BCUT2D eigenvalue weighted by molar-refractivity contribution is 5.78. The summed E-state index contributed by atoms with van der Waals surface area (Å²) < 4.78 is 32.0. The number of benzene rings is 1. The van der Waals surface area contributed by atoms with Gasteiger partial charge in [-0.05, 0) is 29.7 Å². The van der Waals surface area contributed by atoms with Gasteiger partial charge in [-0.3, -0.25) is 24.4 Å². The van der Waals surface area contributed by atoms with Gasteiger partial charge in [0.05, 0.1) is 18.1 Å². The van der Waals surface area contributed by atoms with Gasteiger partial charge >= 0.3 is 30.0 Å². The van der Waals surface area contributed by atoms with Crippen molar-refractivity contribution in [2.45, 2.75) is 69.7 Å². The Kier molecular flexibility index (Phi) is 7.76. The van der Waals surface area contributed by atoms with E-state index in [0.717, 1.165) is 56.5 Å². The highest BCUT2D eigenvalue weighted by atomic mass is 16.8. The van der Waals surface area contributed by atoms with Crippen LogP contribution in [0.25, 0.3) is 11.0 Å². The van der Waals surface area contributed by atoms with Gasteiger partial charge in [0.15, 0.2) is 18.3 Å². The number of aromatic nitrogens is 2. The Balaban J connectivity index is 1.40. The highest BCUT2D eigenvalue weighted by Gasteiger charge is 2.56. The molecule has 5 rings (SSSR count). The molecular formula is C27H29N3O11. The van der Waals surface area contributed by atoms with E-state index in [4.69, 9.17) is 28.4 Å². The van der Waals surface area contributed by atoms with Crippen LogP contribution in [0.5, 0.6) is 0 Å². The van der Waals surface area contributed by atoms with Crippen molar-refractivity contribution >= 4 is 41.0 Å². The van der Waals surface area contributed by atoms with Gasteiger partial charge in [0.1, 0.15) is 0 Å². The number of hydrogen-bond acceptors (Lipinski definition) is 13. The van der Waals surface area contributed by atoms with Crippen molar-refractivity contribution in [2.75, 3.05) is 20.2 Å². The van der Waals surface area contributed by atoms with Gasteiger partial charge in [-0.25, -0.2) is 9.59 Å². The molecule has 2 bridgehead atoms. The van der Waals surface area contributed by atoms with Crippen molar-refractivity contribution in [3.8, 4) is 0 Å². The minimum absolute atomic E-state index is 0.0317. The molecule has 2 aromatic rings. The van der Waals surface area contributed by atoms with Crippen LogP contribution >= 0.6 is 0 Å². The lowest BCUT2D eigenvalue weighted by molar-refractivity contribution is -0.289. The molecule has 0 unspecified atom stereocenters. The molecule has 41 heavy (non-hydrogen) atoms. The van der Waals surface area contributed by atoms with E-state index in [9.17, 15) is 24.0 Å². The van der Waals surface area contributed by atoms with Crippen LogP contribution in [0.3, 0.4) is 0 Å². The third-order valence-electron chi connectivity index (χ3n) is 7.31. The van der Waals surface area contributed by atoms with Gasteiger partial charge in [-0.15, -0.1) is 0 Å². The zero-order valence-corrected chi connectivity index (χ0v) is 22.8. The van der Waals surface area contributed by atoms with Crippen LogP contribution in [0.15, 0.2) is 24.5 Å². The summed E-state index contributed by atoms with van der Waals surface area (Å²) in [5, 5.41) is 0. The van der Waals surface area contributed by atoms with E-state index >= 15 is 0 Å². The first-order valence-corrected chi connectivity index (χ1v) is 13.0. The molecule has 2 aliphatic heterocycles. The maximum Gasteiger partial charge on any atom is 0.412 e. The lowest BCUT2D eigenvalue weighted by Gasteiger charge is -2.43. The smallest absolute Gasteiger partial charge is 0.412 e. The van der Waals surface area contributed by atoms with E-state index in [1.54, 1.807) is 12.4 Å². The number of esters is 4. The molecule has 1 amide bonds. The van der Waals surface area contributed by atoms with Crippen molar-refractivity contribution in [1.82, 2.24) is 14.9 Å². The lowest BCUT2D eigenvalue weighted by Crippen LogP contribution is -2.64. The minimum Gasteiger partial charge on any atom is -0.467 e. The number of piperidine rings is 1. The molecule has 218 valence electrons. The van der Waals surface area contributed by atoms with Gasteiger partial charge in [-0.1, -0.05) is 0 Å². The fourth-order valence-electron chi connectivity index (χ4n) is 5.80. The SMILES string of the molecule is COC(=O)[C@H]1O[C@@H](OC(=O)N2C[C@H]3C[C@@H](C2)c2cc4nccnc4cc23)[C@H](OC(C)=O)[C@@H](OC(C)=O)[C@@H]1OC(C)=O. The number of methoxy groups -OCH3 is 1. The minimum atomic E-state index is -1.70. The first-order valence-electron chi connectivity index (χ1n) is 13.0. The predicted octanol–water partition coefficient (Wildman–Crippen LogP) is 1.35. The number of carbonyl (C=O) groups is 5. The van der Waals surface area contributed by atoms with Gasteiger partial charge in [0.25, 0.3) is 0 Å². The van der Waals surface area contributed by atoms with E-state index < -0.39 is 60.7 Å². The fraction of sp³-hybridized carbons (Fsp3) is 0.519. The van der Waals surface area contributed by atoms with Crippen molar-refractivity contribution in [3.05, 3.63) is 35.7 Å². The van der Waals surface area contributed by atoms with E-state index in [1.807, 2.05) is 12.1 Å². The van der Waals surface area contributed by atoms with Crippen molar-refractivity contribution in [3.63, 3.8) is 0 Å². The summed E-state index contributed by atoms with van der Waals surface area (Å²) in [4.78, 5) is 72.2. The summed E-state index contributed by atoms with van der Waals surface area (Å²) in [6, 6.07) is 4.00. The molecule has 14 nitrogen and oxygen atoms in total. The molecule has 14 heteroatoms. The summed E-state index contributed by atoms with van der Waals surface area (Å²) in [5.74, 6) is -3.41. The largest absolute Gasteiger partial charge is 0.467 e. The quantitative estimate of drug-likeness (QED) is 0.372. The second-order valence-corrected chi connectivity index (χ2v) is 10.1. The first kappa shape index (κ1) is 28.2. The van der Waals surface area contributed by atoms with Gasteiger partial charge < -0.3 is 33.3 Å². The molecule has 3 aliphatic rings. The molecule has 1 aromatic carbocycles. The Hall–Kier alpha value is -4.33. The fourth-order valence-corrected chi connectivity index (χ4v) is 5.80. The second-order valence-electron chi connectivity index (χ2n) is 10.1. The second kappa shape index (κ2) is 11.3. The van der Waals surface area contributed by atoms with Crippen LogP contribution in [-0.4, -0.2) is 95.7 Å². The third-order valence-corrected chi connectivity index (χ3v) is 7.31. The van der Waals surface area contributed by atoms with Gasteiger partial charge in [0.2, 0.25) is 12.4 Å². The van der Waals surface area contributed by atoms with Crippen LogP contribution in [0, 0.1) is 0 Å². The summed E-state index contributed by atoms with van der Waals surface area (Å²) in [7, 11) is 1.08. The first-order chi connectivity index (χ1) is 19.5. The zero-order valence-electron chi connectivity index (χ0n) is 22.8. The number of rotatable bonds is 5. The van der Waals surface area contributed by atoms with Gasteiger partial charge in [0, 0.05) is 58.1 Å². The monoisotopic (exact) mass is 571 g/mol. The van der Waals surface area contributed by atoms with Gasteiger partial charge in [-0.2, -0.15) is 0 Å². The Morgan fingerprint density at radius 3 is 1.80 bits per heavy atom.